The summed E-state index contributed by atoms with van der Waals surface area (Å²) in [6.07, 6.45) is -1.08. The van der Waals surface area contributed by atoms with Crippen molar-refractivity contribution in [1.82, 2.24) is 0 Å². The fourth-order valence-electron chi connectivity index (χ4n) is 2.72. The number of carbonyl (C=O) groups excluding carboxylic acids is 2. The van der Waals surface area contributed by atoms with E-state index in [-0.39, 0.29) is 10.8 Å². The number of esters is 1. The first-order valence-electron chi connectivity index (χ1n) is 8.62. The molecule has 0 radical (unpaired) electrons. The van der Waals surface area contributed by atoms with Gasteiger partial charge in [-0.25, -0.2) is 4.79 Å². The Labute approximate surface area is 171 Å². The zero-order valence-electron chi connectivity index (χ0n) is 15.9. The molecule has 0 aliphatic heterocycles. The Morgan fingerprint density at radius 2 is 2.00 bits per heavy atom. The predicted molar refractivity (Wildman–Crippen MR) is 107 cm³/mol. The molecule has 2 aromatic carbocycles. The number of furan rings is 1. The van der Waals surface area contributed by atoms with Gasteiger partial charge in [-0.3, -0.25) is 4.79 Å². The summed E-state index contributed by atoms with van der Waals surface area (Å²) in [6, 6.07) is 11.6. The topological polar surface area (TPSA) is 102 Å². The molecule has 7 nitrogen and oxygen atoms in total. The lowest BCUT2D eigenvalue weighted by Crippen LogP contribution is -2.30. The molecule has 8 heteroatoms. The fraction of sp³-hybridized carbons (Fsp3) is 0.190. The number of rotatable bonds is 5. The normalized spacial score (nSPS) is 11.6. The van der Waals surface area contributed by atoms with Gasteiger partial charge in [0, 0.05) is 16.6 Å². The third-order valence-corrected chi connectivity index (χ3v) is 4.65. The van der Waals surface area contributed by atoms with Crippen LogP contribution in [0.4, 0.5) is 5.69 Å². The highest BCUT2D eigenvalue weighted by Gasteiger charge is 2.24. The predicted octanol–water partition coefficient (Wildman–Crippen LogP) is 4.46. The van der Waals surface area contributed by atoms with E-state index in [2.05, 4.69) is 5.32 Å². The smallest absolute Gasteiger partial charge is 0.375 e. The third-order valence-electron chi connectivity index (χ3n) is 4.34. The molecule has 1 aromatic heterocycles. The third kappa shape index (κ3) is 4.18. The molecule has 1 atom stereocenters. The number of halogens is 1. The van der Waals surface area contributed by atoms with Crippen LogP contribution in [-0.2, 0) is 9.53 Å². The molecular weight excluding hydrogens is 396 g/mol. The van der Waals surface area contributed by atoms with E-state index in [1.54, 1.807) is 32.2 Å². The highest BCUT2D eigenvalue weighted by Crippen LogP contribution is 2.29. The quantitative estimate of drug-likeness (QED) is 0.621. The number of nitrogens with one attached hydrogen (secondary N) is 1. The highest BCUT2D eigenvalue weighted by molar-refractivity contribution is 6.32. The van der Waals surface area contributed by atoms with Gasteiger partial charge < -0.3 is 19.2 Å². The lowest BCUT2D eigenvalue weighted by molar-refractivity contribution is -0.123. The lowest BCUT2D eigenvalue weighted by Gasteiger charge is -2.13. The molecule has 1 unspecified atom stereocenters. The molecule has 0 spiro atoms. The Balaban J connectivity index is 1.72. The minimum atomic E-state index is -1.08. The van der Waals surface area contributed by atoms with E-state index in [1.807, 2.05) is 6.07 Å². The minimum absolute atomic E-state index is 0.0225. The van der Waals surface area contributed by atoms with Crippen molar-refractivity contribution in [2.24, 2.45) is 0 Å². The van der Waals surface area contributed by atoms with Gasteiger partial charge in [0.2, 0.25) is 5.76 Å². The molecule has 148 valence electrons. The van der Waals surface area contributed by atoms with Gasteiger partial charge in [-0.15, -0.1) is 0 Å². The first-order chi connectivity index (χ1) is 13.8. The Morgan fingerprint density at radius 1 is 1.24 bits per heavy atom. The lowest BCUT2D eigenvalue weighted by atomic mass is 10.1. The summed E-state index contributed by atoms with van der Waals surface area (Å²) in [6.45, 7) is 3.17. The number of benzene rings is 2. The van der Waals surface area contributed by atoms with Crippen molar-refractivity contribution in [3.05, 3.63) is 58.3 Å². The first-order valence-corrected chi connectivity index (χ1v) is 9.00. The number of fused-ring (bicyclic) bond motifs is 1. The molecule has 0 fully saturated rings. The van der Waals surface area contributed by atoms with Crippen LogP contribution in [0.1, 0.15) is 28.6 Å². The van der Waals surface area contributed by atoms with E-state index < -0.39 is 18.0 Å². The Morgan fingerprint density at radius 3 is 2.66 bits per heavy atom. The van der Waals surface area contributed by atoms with E-state index in [0.717, 1.165) is 5.39 Å². The van der Waals surface area contributed by atoms with Crippen LogP contribution in [0.3, 0.4) is 0 Å². The number of anilines is 1. The van der Waals surface area contributed by atoms with Crippen LogP contribution in [0.2, 0.25) is 5.02 Å². The van der Waals surface area contributed by atoms with E-state index >= 15 is 0 Å². The monoisotopic (exact) mass is 412 g/mol. The summed E-state index contributed by atoms with van der Waals surface area (Å²) < 4.78 is 16.0. The summed E-state index contributed by atoms with van der Waals surface area (Å²) in [7, 11) is 1.55. The van der Waals surface area contributed by atoms with E-state index in [9.17, 15) is 9.59 Å². The number of hydrogen-bond donors (Lipinski definition) is 1. The Bertz CT molecular complexity index is 1150. The second-order valence-electron chi connectivity index (χ2n) is 6.26. The van der Waals surface area contributed by atoms with E-state index in [4.69, 9.17) is 30.8 Å². The van der Waals surface area contributed by atoms with Crippen molar-refractivity contribution in [3.63, 3.8) is 0 Å². The number of amides is 1. The minimum Gasteiger partial charge on any atom is -0.497 e. The van der Waals surface area contributed by atoms with Crippen molar-refractivity contribution in [3.8, 4) is 11.8 Å². The molecule has 1 N–H and O–H groups in total. The number of hydrogen-bond acceptors (Lipinski definition) is 6. The molecule has 3 aromatic rings. The molecule has 0 aliphatic carbocycles. The molecule has 1 heterocycles. The maximum absolute atomic E-state index is 12.5. The molecule has 3 rings (SSSR count). The molecule has 0 aliphatic rings. The van der Waals surface area contributed by atoms with Crippen LogP contribution in [0, 0.1) is 18.3 Å². The Kier molecular flexibility index (Phi) is 5.76. The fourth-order valence-corrected chi connectivity index (χ4v) is 2.94. The van der Waals surface area contributed by atoms with Gasteiger partial charge in [-0.05, 0) is 50.2 Å². The zero-order chi connectivity index (χ0) is 21.1. The summed E-state index contributed by atoms with van der Waals surface area (Å²) in [4.78, 5) is 24.9. The van der Waals surface area contributed by atoms with E-state index in [0.29, 0.717) is 28.1 Å². The van der Waals surface area contributed by atoms with Crippen molar-refractivity contribution in [2.45, 2.75) is 20.0 Å². The van der Waals surface area contributed by atoms with Crippen LogP contribution in [0.15, 0.2) is 40.8 Å². The van der Waals surface area contributed by atoms with Crippen LogP contribution >= 0.6 is 11.6 Å². The average molecular weight is 413 g/mol. The SMILES string of the molecule is COc1ccc2oc(C(=O)OC(C)C(=O)Nc3ccc(C#N)c(Cl)c3)c(C)c2c1. The van der Waals surface area contributed by atoms with E-state index in [1.165, 1.54) is 25.1 Å². The standard InChI is InChI=1S/C21H17ClN2O5/c1-11-16-9-15(27-3)6-7-18(16)29-19(11)21(26)28-12(2)20(25)24-14-5-4-13(10-23)17(22)8-14/h4-9,12H,1-3H3,(H,24,25). The number of nitrogens with zero attached hydrogens (tertiary/aromatic N) is 1. The molecule has 0 saturated heterocycles. The van der Waals surface area contributed by atoms with Crippen molar-refractivity contribution in [2.75, 3.05) is 12.4 Å². The Hall–Kier alpha value is -3.50. The first kappa shape index (κ1) is 20.2. The second-order valence-corrected chi connectivity index (χ2v) is 6.67. The number of carbonyl (C=O) groups is 2. The van der Waals surface area contributed by atoms with Gasteiger partial charge in [-0.2, -0.15) is 5.26 Å². The number of aryl methyl sites for hydroxylation is 1. The van der Waals surface area contributed by atoms with Gasteiger partial charge in [0.15, 0.2) is 6.10 Å². The highest BCUT2D eigenvalue weighted by atomic mass is 35.5. The summed E-state index contributed by atoms with van der Waals surface area (Å²) in [5, 5.41) is 12.4. The van der Waals surface area contributed by atoms with Gasteiger partial charge in [-0.1, -0.05) is 11.6 Å². The van der Waals surface area contributed by atoms with Gasteiger partial charge in [0.05, 0.1) is 17.7 Å². The average Bonchev–Trinajstić information content (AvgIpc) is 3.04. The van der Waals surface area contributed by atoms with Crippen LogP contribution in [-0.4, -0.2) is 25.1 Å². The molecule has 29 heavy (non-hydrogen) atoms. The summed E-state index contributed by atoms with van der Waals surface area (Å²) in [5.74, 6) is -0.641. The van der Waals surface area contributed by atoms with Gasteiger partial charge in [0.1, 0.15) is 17.4 Å². The van der Waals surface area contributed by atoms with Crippen LogP contribution in [0.25, 0.3) is 11.0 Å². The molecule has 1 amide bonds. The van der Waals surface area contributed by atoms with Gasteiger partial charge >= 0.3 is 5.97 Å². The van der Waals surface area contributed by atoms with Gasteiger partial charge in [0.25, 0.3) is 5.91 Å². The number of nitriles is 1. The maximum atomic E-state index is 12.5. The summed E-state index contributed by atoms with van der Waals surface area (Å²) >= 11 is 5.95. The van der Waals surface area contributed by atoms with Crippen molar-refractivity contribution < 1.29 is 23.5 Å². The molecular formula is C21H17ClN2O5. The number of methoxy groups -OCH3 is 1. The molecule has 0 bridgehead atoms. The summed E-state index contributed by atoms with van der Waals surface area (Å²) in [5.41, 5.74) is 1.78. The molecule has 0 saturated carbocycles. The second kappa shape index (κ2) is 8.25. The zero-order valence-corrected chi connectivity index (χ0v) is 16.7. The van der Waals surface area contributed by atoms with Crippen molar-refractivity contribution in [1.29, 1.82) is 5.26 Å². The maximum Gasteiger partial charge on any atom is 0.375 e. The van der Waals surface area contributed by atoms with Crippen molar-refractivity contribution >= 4 is 40.1 Å². The number of ether oxygens (including phenoxy) is 2. The largest absolute Gasteiger partial charge is 0.497 e. The van der Waals surface area contributed by atoms with Crippen LogP contribution in [0.5, 0.6) is 5.75 Å². The van der Waals surface area contributed by atoms with Crippen LogP contribution < -0.4 is 10.1 Å².